The molecule has 0 heterocycles. The van der Waals surface area contributed by atoms with E-state index in [2.05, 4.69) is 10.3 Å². The van der Waals surface area contributed by atoms with Crippen molar-refractivity contribution in [1.82, 2.24) is 5.32 Å². The first-order chi connectivity index (χ1) is 3.85. The van der Waals surface area contributed by atoms with Crippen LogP contribution >= 0.6 is 0 Å². The molecule has 0 amide bonds. The molecule has 3 N–H and O–H groups in total. The summed E-state index contributed by atoms with van der Waals surface area (Å²) in [5.74, 6) is 0.868. The number of nitrogens with zero attached hydrogens (tertiary/aromatic N) is 1. The van der Waals surface area contributed by atoms with Gasteiger partial charge in [0, 0.05) is 13.6 Å². The van der Waals surface area contributed by atoms with Gasteiger partial charge in [0.2, 0.25) is 0 Å². The average molecular weight is 115 g/mol. The Hall–Kier alpha value is -0.570. The second-order valence-electron chi connectivity index (χ2n) is 1.40. The summed E-state index contributed by atoms with van der Waals surface area (Å²) in [6.45, 7) is 3.41. The standard InChI is InChI=1S/C5H13N3/c1-3-8-5(4-6)7-2/h3-4,6H2,1-2H3,(H,7,8). The van der Waals surface area contributed by atoms with Crippen molar-refractivity contribution in [2.45, 2.75) is 6.92 Å². The Morgan fingerprint density at radius 1 is 1.75 bits per heavy atom. The lowest BCUT2D eigenvalue weighted by Crippen LogP contribution is -2.30. The molecule has 0 unspecified atom stereocenters. The molecule has 0 saturated carbocycles. The lowest BCUT2D eigenvalue weighted by atomic mass is 10.5. The predicted molar refractivity (Wildman–Crippen MR) is 36.1 cm³/mol. The quantitative estimate of drug-likeness (QED) is 0.379. The van der Waals surface area contributed by atoms with E-state index in [1.165, 1.54) is 0 Å². The summed E-state index contributed by atoms with van der Waals surface area (Å²) < 4.78 is 0. The maximum Gasteiger partial charge on any atom is 0.110 e. The van der Waals surface area contributed by atoms with Crippen LogP contribution in [0.2, 0.25) is 0 Å². The van der Waals surface area contributed by atoms with Gasteiger partial charge in [0.25, 0.3) is 0 Å². The van der Waals surface area contributed by atoms with Crippen LogP contribution in [0.3, 0.4) is 0 Å². The maximum absolute atomic E-state index is 5.28. The number of likely N-dealkylation sites (N-methyl/N-ethyl adjacent to an activating group) is 1. The summed E-state index contributed by atoms with van der Waals surface area (Å²) in [5.41, 5.74) is 5.28. The maximum atomic E-state index is 5.28. The van der Waals surface area contributed by atoms with Crippen LogP contribution in [-0.4, -0.2) is 26.0 Å². The third kappa shape index (κ3) is 2.58. The van der Waals surface area contributed by atoms with Crippen LogP contribution in [0.25, 0.3) is 0 Å². The highest BCUT2D eigenvalue weighted by Crippen LogP contribution is 1.64. The van der Waals surface area contributed by atoms with E-state index in [0.29, 0.717) is 6.54 Å². The van der Waals surface area contributed by atoms with Crippen molar-refractivity contribution in [2.24, 2.45) is 10.7 Å². The van der Waals surface area contributed by atoms with Crippen LogP contribution in [-0.2, 0) is 0 Å². The Bertz CT molecular complexity index is 77.7. The Balaban J connectivity index is 3.38. The number of rotatable bonds is 2. The van der Waals surface area contributed by atoms with Crippen molar-refractivity contribution in [3.05, 3.63) is 0 Å². The van der Waals surface area contributed by atoms with Gasteiger partial charge >= 0.3 is 0 Å². The minimum Gasteiger partial charge on any atom is -0.373 e. The molecule has 0 aromatic carbocycles. The molecule has 0 aromatic rings. The molecule has 0 spiro atoms. The number of nitrogens with one attached hydrogen (secondary N) is 1. The second kappa shape index (κ2) is 4.59. The van der Waals surface area contributed by atoms with Crippen molar-refractivity contribution >= 4 is 5.84 Å². The molecule has 0 saturated heterocycles. The predicted octanol–water partition coefficient (Wildman–Crippen LogP) is -0.417. The third-order valence-corrected chi connectivity index (χ3v) is 0.844. The van der Waals surface area contributed by atoms with Crippen LogP contribution < -0.4 is 11.1 Å². The fourth-order valence-corrected chi connectivity index (χ4v) is 0.447. The summed E-state index contributed by atoms with van der Waals surface area (Å²) in [4.78, 5) is 3.88. The molecule has 8 heavy (non-hydrogen) atoms. The molecular formula is C5H13N3. The Morgan fingerprint density at radius 2 is 2.38 bits per heavy atom. The van der Waals surface area contributed by atoms with Crippen molar-refractivity contribution in [3.8, 4) is 0 Å². The van der Waals surface area contributed by atoms with Gasteiger partial charge in [-0.2, -0.15) is 0 Å². The van der Waals surface area contributed by atoms with Gasteiger partial charge in [-0.1, -0.05) is 0 Å². The molecule has 0 radical (unpaired) electrons. The van der Waals surface area contributed by atoms with Gasteiger partial charge in [-0.25, -0.2) is 0 Å². The van der Waals surface area contributed by atoms with E-state index >= 15 is 0 Å². The van der Waals surface area contributed by atoms with Crippen LogP contribution in [0.1, 0.15) is 6.92 Å². The van der Waals surface area contributed by atoms with E-state index < -0.39 is 0 Å². The molecule has 48 valence electrons. The van der Waals surface area contributed by atoms with Gasteiger partial charge in [0.05, 0.1) is 6.54 Å². The highest BCUT2D eigenvalue weighted by atomic mass is 15.0. The van der Waals surface area contributed by atoms with Gasteiger partial charge in [-0.05, 0) is 6.92 Å². The summed E-state index contributed by atoms with van der Waals surface area (Å²) in [5, 5.41) is 3.01. The SMILES string of the molecule is CCNC(CN)=NC. The van der Waals surface area contributed by atoms with Gasteiger partial charge in [-0.15, -0.1) is 0 Å². The number of hydrogen-bond acceptors (Lipinski definition) is 2. The average Bonchev–Trinajstić information content (AvgIpc) is 1.83. The Morgan fingerprint density at radius 3 is 2.50 bits per heavy atom. The first-order valence-electron chi connectivity index (χ1n) is 2.74. The largest absolute Gasteiger partial charge is 0.373 e. The molecular weight excluding hydrogens is 102 g/mol. The number of amidine groups is 1. The minimum atomic E-state index is 0.504. The molecule has 0 fully saturated rings. The van der Waals surface area contributed by atoms with Gasteiger partial charge in [0.1, 0.15) is 5.84 Å². The van der Waals surface area contributed by atoms with Crippen molar-refractivity contribution in [3.63, 3.8) is 0 Å². The molecule has 0 atom stereocenters. The monoisotopic (exact) mass is 115 g/mol. The van der Waals surface area contributed by atoms with Crippen LogP contribution in [0.15, 0.2) is 4.99 Å². The number of hydrogen-bond donors (Lipinski definition) is 2. The zero-order valence-electron chi connectivity index (χ0n) is 5.44. The molecule has 0 rings (SSSR count). The fraction of sp³-hybridized carbons (Fsp3) is 0.800. The smallest absolute Gasteiger partial charge is 0.110 e. The lowest BCUT2D eigenvalue weighted by Gasteiger charge is -2.01. The molecule has 3 nitrogen and oxygen atoms in total. The minimum absolute atomic E-state index is 0.504. The summed E-state index contributed by atoms with van der Waals surface area (Å²) in [7, 11) is 1.73. The molecule has 0 aromatic heterocycles. The van der Waals surface area contributed by atoms with E-state index in [-0.39, 0.29) is 0 Å². The Labute approximate surface area is 50.0 Å². The van der Waals surface area contributed by atoms with Gasteiger partial charge in [0.15, 0.2) is 0 Å². The normalized spacial score (nSPS) is 11.6. The van der Waals surface area contributed by atoms with Crippen molar-refractivity contribution in [2.75, 3.05) is 20.1 Å². The first-order valence-corrected chi connectivity index (χ1v) is 2.74. The topological polar surface area (TPSA) is 50.4 Å². The van der Waals surface area contributed by atoms with Gasteiger partial charge in [-0.3, -0.25) is 4.99 Å². The van der Waals surface area contributed by atoms with Gasteiger partial charge < -0.3 is 11.1 Å². The fourth-order valence-electron chi connectivity index (χ4n) is 0.447. The molecule has 0 aliphatic heterocycles. The zero-order valence-corrected chi connectivity index (χ0v) is 5.44. The van der Waals surface area contributed by atoms with Crippen LogP contribution in [0, 0.1) is 0 Å². The summed E-state index contributed by atoms with van der Waals surface area (Å²) >= 11 is 0. The molecule has 3 heteroatoms. The first kappa shape index (κ1) is 7.43. The summed E-state index contributed by atoms with van der Waals surface area (Å²) in [6.07, 6.45) is 0. The van der Waals surface area contributed by atoms with E-state index in [1.807, 2.05) is 6.92 Å². The highest BCUT2D eigenvalue weighted by Gasteiger charge is 1.86. The van der Waals surface area contributed by atoms with Crippen LogP contribution in [0.4, 0.5) is 0 Å². The molecule has 0 aliphatic rings. The van der Waals surface area contributed by atoms with E-state index in [1.54, 1.807) is 7.05 Å². The van der Waals surface area contributed by atoms with E-state index in [4.69, 9.17) is 5.73 Å². The second-order valence-corrected chi connectivity index (χ2v) is 1.40. The third-order valence-electron chi connectivity index (χ3n) is 0.844. The molecule has 0 bridgehead atoms. The van der Waals surface area contributed by atoms with Crippen molar-refractivity contribution in [1.29, 1.82) is 0 Å². The number of aliphatic imine (C=N–C) groups is 1. The lowest BCUT2D eigenvalue weighted by molar-refractivity contribution is 0.938. The number of nitrogens with two attached hydrogens (primary N) is 1. The Kier molecular flexibility index (Phi) is 4.26. The van der Waals surface area contributed by atoms with E-state index in [0.717, 1.165) is 12.4 Å². The highest BCUT2D eigenvalue weighted by molar-refractivity contribution is 5.83. The molecule has 0 aliphatic carbocycles. The van der Waals surface area contributed by atoms with E-state index in [9.17, 15) is 0 Å². The van der Waals surface area contributed by atoms with Crippen LogP contribution in [0.5, 0.6) is 0 Å². The zero-order chi connectivity index (χ0) is 6.41. The van der Waals surface area contributed by atoms with Crippen molar-refractivity contribution < 1.29 is 0 Å². The summed E-state index contributed by atoms with van der Waals surface area (Å²) in [6, 6.07) is 0.